The van der Waals surface area contributed by atoms with Gasteiger partial charge in [0.25, 0.3) is 5.56 Å². The topological polar surface area (TPSA) is 37.3 Å². The molecule has 0 aromatic carbocycles. The molecule has 0 radical (unpaired) electrons. The molecule has 5 heteroatoms. The van der Waals surface area contributed by atoms with Crippen molar-refractivity contribution >= 4 is 0 Å². The van der Waals surface area contributed by atoms with Crippen LogP contribution in [0.1, 0.15) is 13.0 Å². The minimum atomic E-state index is -0.364. The van der Waals surface area contributed by atoms with Gasteiger partial charge in [-0.1, -0.05) is 0 Å². The Morgan fingerprint density at radius 1 is 1.41 bits per heavy atom. The van der Waals surface area contributed by atoms with Crippen LogP contribution >= 0.6 is 0 Å². The van der Waals surface area contributed by atoms with E-state index in [-0.39, 0.29) is 17.4 Å². The van der Waals surface area contributed by atoms with Gasteiger partial charge in [-0.15, -0.1) is 0 Å². The van der Waals surface area contributed by atoms with Crippen molar-refractivity contribution in [1.82, 2.24) is 14.8 Å². The van der Waals surface area contributed by atoms with E-state index in [1.807, 2.05) is 6.92 Å². The Labute approximate surface area is 100 Å². The highest BCUT2D eigenvalue weighted by Gasteiger charge is 2.15. The highest BCUT2D eigenvalue weighted by atomic mass is 19.1. The second-order valence-electron chi connectivity index (χ2n) is 4.49. The molecule has 1 aromatic rings. The summed E-state index contributed by atoms with van der Waals surface area (Å²) in [5.41, 5.74) is -0.144. The van der Waals surface area contributed by atoms with E-state index < -0.39 is 0 Å². The molecule has 1 N–H and O–H groups in total. The molecule has 4 nitrogen and oxygen atoms in total. The van der Waals surface area contributed by atoms with Gasteiger partial charge in [0.15, 0.2) is 0 Å². The maximum absolute atomic E-state index is 13.1. The molecule has 1 saturated heterocycles. The molecule has 1 aliphatic heterocycles. The lowest BCUT2D eigenvalue weighted by atomic mass is 10.2. The van der Waals surface area contributed by atoms with Gasteiger partial charge in [-0.25, -0.2) is 4.39 Å². The predicted molar refractivity (Wildman–Crippen MR) is 64.7 cm³/mol. The highest BCUT2D eigenvalue weighted by Crippen LogP contribution is 2.07. The van der Waals surface area contributed by atoms with Crippen molar-refractivity contribution in [3.05, 3.63) is 34.5 Å². The largest absolute Gasteiger partial charge is 0.314 e. The lowest BCUT2D eigenvalue weighted by Crippen LogP contribution is -2.45. The molecule has 1 unspecified atom stereocenters. The van der Waals surface area contributed by atoms with Gasteiger partial charge in [-0.3, -0.25) is 9.69 Å². The first-order chi connectivity index (χ1) is 8.16. The van der Waals surface area contributed by atoms with Crippen LogP contribution in [0, 0.1) is 5.82 Å². The number of nitrogens with zero attached hydrogens (tertiary/aromatic N) is 2. The summed E-state index contributed by atoms with van der Waals surface area (Å²) in [7, 11) is 0. The van der Waals surface area contributed by atoms with Crippen molar-refractivity contribution < 1.29 is 4.39 Å². The second kappa shape index (κ2) is 5.42. The van der Waals surface area contributed by atoms with Crippen LogP contribution in [0.15, 0.2) is 23.1 Å². The molecule has 0 spiro atoms. The number of aromatic nitrogens is 1. The van der Waals surface area contributed by atoms with Gasteiger partial charge in [0.2, 0.25) is 0 Å². The fraction of sp³-hybridized carbons (Fsp3) is 0.583. The first kappa shape index (κ1) is 12.3. The van der Waals surface area contributed by atoms with Crippen molar-refractivity contribution in [1.29, 1.82) is 0 Å². The number of piperazine rings is 1. The van der Waals surface area contributed by atoms with Crippen molar-refractivity contribution in [2.75, 3.05) is 32.7 Å². The van der Waals surface area contributed by atoms with Gasteiger partial charge in [-0.2, -0.15) is 0 Å². The minimum absolute atomic E-state index is 0.00343. The van der Waals surface area contributed by atoms with Crippen LogP contribution in [-0.4, -0.2) is 42.2 Å². The SMILES string of the molecule is CC(CN1CCNCC1)n1cc(F)ccc1=O. The number of hydrogen-bond acceptors (Lipinski definition) is 3. The molecule has 0 bridgehead atoms. The molecule has 94 valence electrons. The molecule has 2 heterocycles. The highest BCUT2D eigenvalue weighted by molar-refractivity contribution is 4.98. The lowest BCUT2D eigenvalue weighted by Gasteiger charge is -2.30. The number of nitrogens with one attached hydrogen (secondary N) is 1. The van der Waals surface area contributed by atoms with Gasteiger partial charge in [0, 0.05) is 51.0 Å². The molecular formula is C12H18FN3O. The summed E-state index contributed by atoms with van der Waals surface area (Å²) in [6.07, 6.45) is 1.29. The Kier molecular flexibility index (Phi) is 3.91. The van der Waals surface area contributed by atoms with Crippen molar-refractivity contribution in [3.8, 4) is 0 Å². The van der Waals surface area contributed by atoms with Crippen LogP contribution in [0.3, 0.4) is 0 Å². The van der Waals surface area contributed by atoms with Gasteiger partial charge in [0.1, 0.15) is 5.82 Å². The monoisotopic (exact) mass is 239 g/mol. The van der Waals surface area contributed by atoms with E-state index in [0.29, 0.717) is 0 Å². The van der Waals surface area contributed by atoms with Crippen molar-refractivity contribution in [2.45, 2.75) is 13.0 Å². The van der Waals surface area contributed by atoms with E-state index >= 15 is 0 Å². The third-order valence-electron chi connectivity index (χ3n) is 3.11. The number of pyridine rings is 1. The molecule has 1 fully saturated rings. The molecule has 0 saturated carbocycles. The third kappa shape index (κ3) is 3.14. The van der Waals surface area contributed by atoms with Crippen molar-refractivity contribution in [3.63, 3.8) is 0 Å². The summed E-state index contributed by atoms with van der Waals surface area (Å²) in [5.74, 6) is -0.364. The number of halogens is 1. The summed E-state index contributed by atoms with van der Waals surface area (Å²) in [6, 6.07) is 2.48. The first-order valence-electron chi connectivity index (χ1n) is 5.97. The van der Waals surface area contributed by atoms with E-state index in [4.69, 9.17) is 0 Å². The predicted octanol–water partition coefficient (Wildman–Crippen LogP) is 0.454. The summed E-state index contributed by atoms with van der Waals surface area (Å²) in [4.78, 5) is 13.9. The van der Waals surface area contributed by atoms with E-state index in [9.17, 15) is 9.18 Å². The Balaban J connectivity index is 2.05. The van der Waals surface area contributed by atoms with Gasteiger partial charge < -0.3 is 9.88 Å². The lowest BCUT2D eigenvalue weighted by molar-refractivity contribution is 0.210. The summed E-state index contributed by atoms with van der Waals surface area (Å²) in [5, 5.41) is 3.28. The molecule has 1 aliphatic rings. The third-order valence-corrected chi connectivity index (χ3v) is 3.11. The molecule has 1 aromatic heterocycles. The van der Waals surface area contributed by atoms with Crippen LogP contribution in [0.25, 0.3) is 0 Å². The Morgan fingerprint density at radius 3 is 2.82 bits per heavy atom. The minimum Gasteiger partial charge on any atom is -0.314 e. The standard InChI is InChI=1S/C12H18FN3O/c1-10(8-15-6-4-14-5-7-15)16-9-11(13)2-3-12(16)17/h2-3,9-10,14H,4-8H2,1H3. The van der Waals surface area contributed by atoms with Crippen molar-refractivity contribution in [2.24, 2.45) is 0 Å². The zero-order valence-electron chi connectivity index (χ0n) is 10.0. The second-order valence-corrected chi connectivity index (χ2v) is 4.49. The summed E-state index contributed by atoms with van der Waals surface area (Å²) >= 11 is 0. The Bertz CT molecular complexity index is 426. The molecule has 2 rings (SSSR count). The zero-order chi connectivity index (χ0) is 12.3. The maximum Gasteiger partial charge on any atom is 0.250 e. The molecule has 1 atom stereocenters. The van der Waals surface area contributed by atoms with Crippen LogP contribution in [0.4, 0.5) is 4.39 Å². The average Bonchev–Trinajstić information content (AvgIpc) is 2.33. The van der Waals surface area contributed by atoms with E-state index in [1.54, 1.807) is 0 Å². The van der Waals surface area contributed by atoms with Gasteiger partial charge >= 0.3 is 0 Å². The maximum atomic E-state index is 13.1. The van der Waals surface area contributed by atoms with E-state index in [2.05, 4.69) is 10.2 Å². The molecule has 0 amide bonds. The molecule has 0 aliphatic carbocycles. The van der Waals surface area contributed by atoms with Crippen LogP contribution < -0.4 is 10.9 Å². The normalized spacial score (nSPS) is 19.2. The first-order valence-corrected chi connectivity index (χ1v) is 5.97. The zero-order valence-corrected chi connectivity index (χ0v) is 10.0. The average molecular weight is 239 g/mol. The summed E-state index contributed by atoms with van der Waals surface area (Å²) in [6.45, 7) is 6.65. The Hall–Kier alpha value is -1.20. The van der Waals surface area contributed by atoms with Crippen LogP contribution in [-0.2, 0) is 0 Å². The van der Waals surface area contributed by atoms with E-state index in [1.165, 1.54) is 22.9 Å². The fourth-order valence-corrected chi connectivity index (χ4v) is 2.18. The molecule has 17 heavy (non-hydrogen) atoms. The fourth-order valence-electron chi connectivity index (χ4n) is 2.18. The smallest absolute Gasteiger partial charge is 0.250 e. The Morgan fingerprint density at radius 2 is 2.12 bits per heavy atom. The van der Waals surface area contributed by atoms with E-state index in [0.717, 1.165) is 32.7 Å². The summed E-state index contributed by atoms with van der Waals surface area (Å²) < 4.78 is 14.6. The number of hydrogen-bond donors (Lipinski definition) is 1. The number of rotatable bonds is 3. The van der Waals surface area contributed by atoms with Crippen LogP contribution in [0.2, 0.25) is 0 Å². The van der Waals surface area contributed by atoms with Gasteiger partial charge in [0.05, 0.1) is 0 Å². The van der Waals surface area contributed by atoms with Gasteiger partial charge in [-0.05, 0) is 13.0 Å². The molecular weight excluding hydrogens is 221 g/mol. The quantitative estimate of drug-likeness (QED) is 0.832. The van der Waals surface area contributed by atoms with Crippen LogP contribution in [0.5, 0.6) is 0 Å².